The molecule has 0 aromatic rings. The molecule has 0 aromatic heterocycles. The fourth-order valence-electron chi connectivity index (χ4n) is 1.25. The number of carbonyl (C=O) groups excluding carboxylic acids is 1. The molecule has 0 fully saturated rings. The molecule has 0 saturated heterocycles. The molecule has 1 aliphatic rings. The van der Waals surface area contributed by atoms with Crippen LogP contribution >= 0.6 is 0 Å². The molecule has 0 saturated carbocycles. The second-order valence-corrected chi connectivity index (χ2v) is 3.42. The Bertz CT molecular complexity index is 175. The molecule has 0 unspecified atom stereocenters. The van der Waals surface area contributed by atoms with E-state index in [2.05, 4.69) is 0 Å². The van der Waals surface area contributed by atoms with Crippen LogP contribution in [0.25, 0.3) is 0 Å². The molecule has 1 heteroatoms. The molecule has 0 bridgehead atoms. The summed E-state index contributed by atoms with van der Waals surface area (Å²) in [5.74, 6) is 0.278. The van der Waals surface area contributed by atoms with Gasteiger partial charge in [0.05, 0.1) is 0 Å². The first kappa shape index (κ1) is 6.53. The van der Waals surface area contributed by atoms with Gasteiger partial charge in [0.2, 0.25) is 0 Å². The largest absolute Gasteiger partial charge is 0.294 e. The van der Waals surface area contributed by atoms with E-state index in [4.69, 9.17) is 0 Å². The number of ketones is 1. The first-order valence-corrected chi connectivity index (χ1v) is 3.24. The van der Waals surface area contributed by atoms with Crippen LogP contribution in [0.15, 0.2) is 11.6 Å². The van der Waals surface area contributed by atoms with Gasteiger partial charge in [0.25, 0.3) is 0 Å². The van der Waals surface area contributed by atoms with E-state index >= 15 is 0 Å². The van der Waals surface area contributed by atoms with Crippen molar-refractivity contribution in [2.45, 2.75) is 27.2 Å². The number of hydrogen-bond donors (Lipinski definition) is 0. The summed E-state index contributed by atoms with van der Waals surface area (Å²) >= 11 is 0. The van der Waals surface area contributed by atoms with Gasteiger partial charge >= 0.3 is 0 Å². The topological polar surface area (TPSA) is 17.1 Å². The second kappa shape index (κ2) is 1.69. The van der Waals surface area contributed by atoms with Crippen molar-refractivity contribution in [1.82, 2.24) is 0 Å². The predicted molar refractivity (Wildman–Crippen MR) is 37.2 cm³/mol. The quantitative estimate of drug-likeness (QED) is 0.482. The van der Waals surface area contributed by atoms with Crippen molar-refractivity contribution in [3.8, 4) is 0 Å². The van der Waals surface area contributed by atoms with Crippen molar-refractivity contribution in [3.05, 3.63) is 11.6 Å². The normalized spacial score (nSPS) is 24.3. The lowest BCUT2D eigenvalue weighted by Gasteiger charge is -2.13. The lowest BCUT2D eigenvalue weighted by Crippen LogP contribution is -2.16. The molecule has 0 amide bonds. The zero-order chi connectivity index (χ0) is 7.07. The molecule has 0 radical (unpaired) electrons. The fourth-order valence-corrected chi connectivity index (χ4v) is 1.25. The van der Waals surface area contributed by atoms with E-state index < -0.39 is 0 Å². The standard InChI is InChI=1S/C8H12O/c1-6-4-7(9)8(2,3)5-6/h4H,5H2,1-3H3. The van der Waals surface area contributed by atoms with E-state index in [1.54, 1.807) is 6.08 Å². The highest BCUT2D eigenvalue weighted by atomic mass is 16.1. The summed E-state index contributed by atoms with van der Waals surface area (Å²) < 4.78 is 0. The maximum Gasteiger partial charge on any atom is 0.161 e. The van der Waals surface area contributed by atoms with Crippen LogP contribution < -0.4 is 0 Å². The Kier molecular flexibility index (Phi) is 1.23. The van der Waals surface area contributed by atoms with E-state index in [0.29, 0.717) is 0 Å². The number of rotatable bonds is 0. The van der Waals surface area contributed by atoms with Gasteiger partial charge in [-0.15, -0.1) is 0 Å². The third-order valence-electron chi connectivity index (χ3n) is 1.77. The van der Waals surface area contributed by atoms with E-state index in [-0.39, 0.29) is 11.2 Å². The van der Waals surface area contributed by atoms with Gasteiger partial charge in [-0.25, -0.2) is 0 Å². The van der Waals surface area contributed by atoms with Gasteiger partial charge in [0.1, 0.15) is 0 Å². The number of allylic oxidation sites excluding steroid dienone is 2. The summed E-state index contributed by atoms with van der Waals surface area (Å²) in [6.45, 7) is 5.98. The maximum atomic E-state index is 11.0. The zero-order valence-corrected chi connectivity index (χ0v) is 6.19. The smallest absolute Gasteiger partial charge is 0.161 e. The fraction of sp³-hybridized carbons (Fsp3) is 0.625. The minimum atomic E-state index is -0.107. The molecule has 0 atom stereocenters. The van der Waals surface area contributed by atoms with Crippen LogP contribution in [0.3, 0.4) is 0 Å². The molecule has 0 N–H and O–H groups in total. The highest BCUT2D eigenvalue weighted by Crippen LogP contribution is 2.32. The molecule has 1 aliphatic carbocycles. The third-order valence-corrected chi connectivity index (χ3v) is 1.77. The van der Waals surface area contributed by atoms with Crippen molar-refractivity contribution in [3.63, 3.8) is 0 Å². The van der Waals surface area contributed by atoms with Crippen LogP contribution in [0.1, 0.15) is 27.2 Å². The molecule has 50 valence electrons. The maximum absolute atomic E-state index is 11.0. The summed E-state index contributed by atoms with van der Waals surface area (Å²) in [4.78, 5) is 11.0. The first-order chi connectivity index (χ1) is 4.02. The highest BCUT2D eigenvalue weighted by Gasteiger charge is 2.30. The lowest BCUT2D eigenvalue weighted by atomic mass is 9.89. The molecule has 0 aromatic carbocycles. The van der Waals surface area contributed by atoms with E-state index in [0.717, 1.165) is 6.42 Å². The second-order valence-electron chi connectivity index (χ2n) is 3.42. The van der Waals surface area contributed by atoms with Gasteiger partial charge in [0.15, 0.2) is 5.78 Å². The van der Waals surface area contributed by atoms with Crippen molar-refractivity contribution in [2.24, 2.45) is 5.41 Å². The highest BCUT2D eigenvalue weighted by molar-refractivity contribution is 5.97. The molecule has 0 aliphatic heterocycles. The van der Waals surface area contributed by atoms with Crippen molar-refractivity contribution >= 4 is 5.78 Å². The van der Waals surface area contributed by atoms with Crippen LogP contribution in [0.5, 0.6) is 0 Å². The Hall–Kier alpha value is -0.590. The molecule has 0 spiro atoms. The Morgan fingerprint density at radius 2 is 2.11 bits per heavy atom. The van der Waals surface area contributed by atoms with Gasteiger partial charge in [-0.2, -0.15) is 0 Å². The Morgan fingerprint density at radius 3 is 2.22 bits per heavy atom. The van der Waals surface area contributed by atoms with Crippen LogP contribution in [0, 0.1) is 5.41 Å². The lowest BCUT2D eigenvalue weighted by molar-refractivity contribution is -0.121. The van der Waals surface area contributed by atoms with Gasteiger partial charge in [-0.05, 0) is 19.4 Å². The Morgan fingerprint density at radius 1 is 1.56 bits per heavy atom. The summed E-state index contributed by atoms with van der Waals surface area (Å²) in [7, 11) is 0. The summed E-state index contributed by atoms with van der Waals surface area (Å²) in [6, 6.07) is 0. The average Bonchev–Trinajstić information content (AvgIpc) is 1.79. The van der Waals surface area contributed by atoms with Crippen molar-refractivity contribution in [2.75, 3.05) is 0 Å². The van der Waals surface area contributed by atoms with Crippen LogP contribution in [0.2, 0.25) is 0 Å². The summed E-state index contributed by atoms with van der Waals surface area (Å²) in [5.41, 5.74) is 1.11. The SMILES string of the molecule is CC1=CC(=O)C(C)(C)C1. The van der Waals surface area contributed by atoms with Crippen molar-refractivity contribution < 1.29 is 4.79 Å². The van der Waals surface area contributed by atoms with Crippen molar-refractivity contribution in [1.29, 1.82) is 0 Å². The summed E-state index contributed by atoms with van der Waals surface area (Å²) in [5, 5.41) is 0. The van der Waals surface area contributed by atoms with E-state index in [1.807, 2.05) is 20.8 Å². The molecule has 9 heavy (non-hydrogen) atoms. The van der Waals surface area contributed by atoms with Gasteiger partial charge in [-0.1, -0.05) is 19.4 Å². The number of hydrogen-bond acceptors (Lipinski definition) is 1. The molecular formula is C8H12O. The van der Waals surface area contributed by atoms with Gasteiger partial charge in [0, 0.05) is 5.41 Å². The molecule has 1 rings (SSSR count). The predicted octanol–water partition coefficient (Wildman–Crippen LogP) is 1.93. The number of carbonyl (C=O) groups is 1. The van der Waals surface area contributed by atoms with E-state index in [1.165, 1.54) is 5.57 Å². The molecular weight excluding hydrogens is 112 g/mol. The average molecular weight is 124 g/mol. The van der Waals surface area contributed by atoms with Crippen LogP contribution in [-0.4, -0.2) is 5.78 Å². The molecule has 1 nitrogen and oxygen atoms in total. The van der Waals surface area contributed by atoms with Crippen LogP contribution in [0.4, 0.5) is 0 Å². The van der Waals surface area contributed by atoms with Gasteiger partial charge in [-0.3, -0.25) is 4.79 Å². The van der Waals surface area contributed by atoms with E-state index in [9.17, 15) is 4.79 Å². The summed E-state index contributed by atoms with van der Waals surface area (Å²) in [6.07, 6.45) is 2.69. The minimum Gasteiger partial charge on any atom is -0.294 e. The zero-order valence-electron chi connectivity index (χ0n) is 6.19. The van der Waals surface area contributed by atoms with Gasteiger partial charge < -0.3 is 0 Å². The molecule has 0 heterocycles. The van der Waals surface area contributed by atoms with Crippen LogP contribution in [-0.2, 0) is 4.79 Å². The minimum absolute atomic E-state index is 0.107. The third kappa shape index (κ3) is 1.04. The monoisotopic (exact) mass is 124 g/mol. The Labute approximate surface area is 55.8 Å². The first-order valence-electron chi connectivity index (χ1n) is 3.24. The Balaban J connectivity index is 2.84.